The first kappa shape index (κ1) is 20.9. The zero-order chi connectivity index (χ0) is 20.8. The lowest BCUT2D eigenvalue weighted by Crippen LogP contribution is -2.53. The van der Waals surface area contributed by atoms with Crippen LogP contribution in [0.15, 0.2) is 48.5 Å². The normalized spacial score (nSPS) is 16.6. The molecule has 0 radical (unpaired) electrons. The molecule has 2 amide bonds. The first-order valence-electron chi connectivity index (χ1n) is 10.0. The molecule has 154 valence electrons. The molecule has 0 aliphatic carbocycles. The van der Waals surface area contributed by atoms with E-state index in [9.17, 15) is 9.59 Å². The highest BCUT2D eigenvalue weighted by atomic mass is 16.5. The van der Waals surface area contributed by atoms with Crippen LogP contribution < -0.4 is 20.7 Å². The molecule has 0 saturated heterocycles. The Balaban J connectivity index is 1.64. The van der Waals surface area contributed by atoms with Crippen LogP contribution in [0, 0.1) is 5.92 Å². The summed E-state index contributed by atoms with van der Waals surface area (Å²) >= 11 is 0. The van der Waals surface area contributed by atoms with Crippen LogP contribution >= 0.6 is 0 Å². The molecule has 0 bridgehead atoms. The number of benzene rings is 2. The Morgan fingerprint density at radius 1 is 1.10 bits per heavy atom. The Morgan fingerprint density at radius 2 is 1.79 bits per heavy atom. The van der Waals surface area contributed by atoms with Crippen LogP contribution in [0.4, 0.5) is 5.69 Å². The zero-order valence-corrected chi connectivity index (χ0v) is 17.2. The van der Waals surface area contributed by atoms with Gasteiger partial charge in [-0.3, -0.25) is 9.59 Å². The number of anilines is 1. The second-order valence-electron chi connectivity index (χ2n) is 7.81. The van der Waals surface area contributed by atoms with E-state index in [4.69, 9.17) is 4.74 Å². The van der Waals surface area contributed by atoms with Gasteiger partial charge in [0.25, 0.3) is 0 Å². The number of ether oxygens (including phenoxy) is 1. The number of carbonyl (C=O) groups is 2. The van der Waals surface area contributed by atoms with E-state index in [1.54, 1.807) is 31.4 Å². The lowest BCUT2D eigenvalue weighted by molar-refractivity contribution is -0.128. The van der Waals surface area contributed by atoms with E-state index in [2.05, 4.69) is 28.1 Å². The lowest BCUT2D eigenvalue weighted by atomic mass is 9.95. The molecule has 6 heteroatoms. The van der Waals surface area contributed by atoms with Gasteiger partial charge in [0.2, 0.25) is 11.8 Å². The number of carbonyl (C=O) groups excluding carboxylic acids is 2. The predicted octanol–water partition coefficient (Wildman–Crippen LogP) is 2.88. The Morgan fingerprint density at radius 3 is 2.45 bits per heavy atom. The fourth-order valence-corrected chi connectivity index (χ4v) is 3.52. The minimum Gasteiger partial charge on any atom is -0.497 e. The van der Waals surface area contributed by atoms with Crippen molar-refractivity contribution < 1.29 is 14.3 Å². The topological polar surface area (TPSA) is 79.5 Å². The highest BCUT2D eigenvalue weighted by Gasteiger charge is 2.28. The molecule has 3 N–H and O–H groups in total. The molecule has 1 aliphatic rings. The Kier molecular flexibility index (Phi) is 6.88. The van der Waals surface area contributed by atoms with E-state index in [0.29, 0.717) is 25.1 Å². The molecular formula is C23H29N3O3. The number of fused-ring (bicyclic) bond motifs is 1. The third kappa shape index (κ3) is 5.57. The minimum atomic E-state index is -0.594. The standard InChI is InChI=1S/C23H29N3O3/c1-15(2)12-21(23(28)25-18-8-10-19(29-3)11-9-18)26-22(27)20-13-16-6-4-5-7-17(16)14-24-20/h4-11,15,20-21,24H,12-14H2,1-3H3,(H,25,28)(H,26,27)/t20-,21+/m0/s1. The number of rotatable bonds is 7. The predicted molar refractivity (Wildman–Crippen MR) is 114 cm³/mol. The summed E-state index contributed by atoms with van der Waals surface area (Å²) in [6.45, 7) is 4.73. The van der Waals surface area contributed by atoms with Crippen molar-refractivity contribution in [1.82, 2.24) is 10.6 Å². The van der Waals surface area contributed by atoms with Crippen LogP contribution in [0.3, 0.4) is 0 Å². The van der Waals surface area contributed by atoms with E-state index in [0.717, 1.165) is 5.75 Å². The molecule has 29 heavy (non-hydrogen) atoms. The molecule has 0 fully saturated rings. The molecule has 0 aromatic heterocycles. The molecular weight excluding hydrogens is 366 g/mol. The molecule has 2 atom stereocenters. The molecule has 0 saturated carbocycles. The van der Waals surface area contributed by atoms with E-state index in [1.807, 2.05) is 26.0 Å². The van der Waals surface area contributed by atoms with Crippen molar-refractivity contribution >= 4 is 17.5 Å². The van der Waals surface area contributed by atoms with Crippen LogP contribution in [-0.4, -0.2) is 31.0 Å². The maximum absolute atomic E-state index is 12.9. The van der Waals surface area contributed by atoms with Crippen molar-refractivity contribution in [3.8, 4) is 5.75 Å². The Labute approximate surface area is 172 Å². The second kappa shape index (κ2) is 9.56. The Bertz CT molecular complexity index is 849. The number of nitrogens with one attached hydrogen (secondary N) is 3. The van der Waals surface area contributed by atoms with Crippen molar-refractivity contribution in [2.24, 2.45) is 5.92 Å². The van der Waals surface area contributed by atoms with Crippen molar-refractivity contribution in [3.63, 3.8) is 0 Å². The van der Waals surface area contributed by atoms with E-state index in [1.165, 1.54) is 11.1 Å². The SMILES string of the molecule is COc1ccc(NC(=O)[C@@H](CC(C)C)NC(=O)[C@@H]2Cc3ccccc3CN2)cc1. The van der Waals surface area contributed by atoms with Crippen LogP contribution in [0.5, 0.6) is 5.75 Å². The van der Waals surface area contributed by atoms with Gasteiger partial charge in [-0.05, 0) is 54.2 Å². The molecule has 2 aromatic rings. The van der Waals surface area contributed by atoms with Gasteiger partial charge in [-0.1, -0.05) is 38.1 Å². The van der Waals surface area contributed by atoms with Crippen LogP contribution in [0.25, 0.3) is 0 Å². The van der Waals surface area contributed by atoms with Crippen molar-refractivity contribution in [2.45, 2.75) is 45.3 Å². The molecule has 6 nitrogen and oxygen atoms in total. The van der Waals surface area contributed by atoms with Gasteiger partial charge in [0.15, 0.2) is 0 Å². The monoisotopic (exact) mass is 395 g/mol. The van der Waals surface area contributed by atoms with Gasteiger partial charge >= 0.3 is 0 Å². The zero-order valence-electron chi connectivity index (χ0n) is 17.2. The van der Waals surface area contributed by atoms with E-state index < -0.39 is 6.04 Å². The first-order chi connectivity index (χ1) is 14.0. The van der Waals surface area contributed by atoms with Gasteiger partial charge in [-0.15, -0.1) is 0 Å². The third-order valence-corrected chi connectivity index (χ3v) is 5.10. The average Bonchev–Trinajstić information content (AvgIpc) is 2.73. The highest BCUT2D eigenvalue weighted by Crippen LogP contribution is 2.18. The van der Waals surface area contributed by atoms with Crippen LogP contribution in [0.1, 0.15) is 31.4 Å². The molecule has 0 unspecified atom stereocenters. The molecule has 2 aromatic carbocycles. The van der Waals surface area contributed by atoms with Crippen molar-refractivity contribution in [1.29, 1.82) is 0 Å². The number of methoxy groups -OCH3 is 1. The number of hydrogen-bond acceptors (Lipinski definition) is 4. The van der Waals surface area contributed by atoms with Crippen LogP contribution in [0.2, 0.25) is 0 Å². The smallest absolute Gasteiger partial charge is 0.246 e. The van der Waals surface area contributed by atoms with Gasteiger partial charge < -0.3 is 20.7 Å². The quantitative estimate of drug-likeness (QED) is 0.674. The summed E-state index contributed by atoms with van der Waals surface area (Å²) < 4.78 is 5.14. The fourth-order valence-electron chi connectivity index (χ4n) is 3.52. The summed E-state index contributed by atoms with van der Waals surface area (Å²) in [5.74, 6) is 0.629. The maximum atomic E-state index is 12.9. The minimum absolute atomic E-state index is 0.143. The summed E-state index contributed by atoms with van der Waals surface area (Å²) in [7, 11) is 1.60. The average molecular weight is 396 g/mol. The highest BCUT2D eigenvalue weighted by molar-refractivity contribution is 5.98. The summed E-state index contributed by atoms with van der Waals surface area (Å²) in [6.07, 6.45) is 1.19. The largest absolute Gasteiger partial charge is 0.497 e. The number of amides is 2. The van der Waals surface area contributed by atoms with Crippen LogP contribution in [-0.2, 0) is 22.6 Å². The second-order valence-corrected chi connectivity index (χ2v) is 7.81. The van der Waals surface area contributed by atoms with E-state index in [-0.39, 0.29) is 23.8 Å². The van der Waals surface area contributed by atoms with Gasteiger partial charge in [0, 0.05) is 12.2 Å². The van der Waals surface area contributed by atoms with E-state index >= 15 is 0 Å². The summed E-state index contributed by atoms with van der Waals surface area (Å²) in [5, 5.41) is 9.12. The molecule has 1 heterocycles. The summed E-state index contributed by atoms with van der Waals surface area (Å²) in [6, 6.07) is 14.3. The number of hydrogen-bond donors (Lipinski definition) is 3. The van der Waals surface area contributed by atoms with Gasteiger partial charge in [0.05, 0.1) is 13.2 Å². The first-order valence-corrected chi connectivity index (χ1v) is 10.0. The lowest BCUT2D eigenvalue weighted by Gasteiger charge is -2.28. The fraction of sp³-hybridized carbons (Fsp3) is 0.391. The summed E-state index contributed by atoms with van der Waals surface area (Å²) in [4.78, 5) is 25.7. The van der Waals surface area contributed by atoms with Crippen molar-refractivity contribution in [2.75, 3.05) is 12.4 Å². The van der Waals surface area contributed by atoms with Gasteiger partial charge in [-0.25, -0.2) is 0 Å². The summed E-state index contributed by atoms with van der Waals surface area (Å²) in [5.41, 5.74) is 3.06. The maximum Gasteiger partial charge on any atom is 0.246 e. The third-order valence-electron chi connectivity index (χ3n) is 5.10. The Hall–Kier alpha value is -2.86. The van der Waals surface area contributed by atoms with Gasteiger partial charge in [-0.2, -0.15) is 0 Å². The molecule has 1 aliphatic heterocycles. The van der Waals surface area contributed by atoms with Gasteiger partial charge in [0.1, 0.15) is 11.8 Å². The molecule has 3 rings (SSSR count). The molecule has 0 spiro atoms. The van der Waals surface area contributed by atoms with Crippen molar-refractivity contribution in [3.05, 3.63) is 59.7 Å².